The van der Waals surface area contributed by atoms with Crippen molar-refractivity contribution in [1.29, 1.82) is 0 Å². The molecule has 0 aromatic heterocycles. The van der Waals surface area contributed by atoms with Gasteiger partial charge in [0, 0.05) is 32.7 Å². The molecule has 0 saturated carbocycles. The third kappa shape index (κ3) is 2.39. The molecule has 0 aromatic carbocycles. The highest BCUT2D eigenvalue weighted by Gasteiger charge is 2.39. The summed E-state index contributed by atoms with van der Waals surface area (Å²) in [5.74, 6) is 0.183. The van der Waals surface area contributed by atoms with Gasteiger partial charge in [-0.05, 0) is 31.2 Å². The minimum Gasteiger partial charge on any atom is -0.366 e. The number of hydrogen-bond donors (Lipinski definition) is 2. The number of piperidine rings is 1. The van der Waals surface area contributed by atoms with Crippen molar-refractivity contribution < 1.29 is 9.53 Å². The van der Waals surface area contributed by atoms with Crippen molar-refractivity contribution in [1.82, 2.24) is 15.5 Å². The Kier molecular flexibility index (Phi) is 3.54. The van der Waals surface area contributed by atoms with Crippen LogP contribution < -0.4 is 10.6 Å². The zero-order chi connectivity index (χ0) is 12.4. The van der Waals surface area contributed by atoms with E-state index >= 15 is 0 Å². The number of amides is 1. The average molecular weight is 253 g/mol. The van der Waals surface area contributed by atoms with Gasteiger partial charge in [-0.3, -0.25) is 4.79 Å². The van der Waals surface area contributed by atoms with Gasteiger partial charge < -0.3 is 20.3 Å². The van der Waals surface area contributed by atoms with Crippen molar-refractivity contribution >= 4 is 5.91 Å². The Morgan fingerprint density at radius 2 is 2.00 bits per heavy atom. The van der Waals surface area contributed by atoms with E-state index in [4.69, 9.17) is 4.74 Å². The first kappa shape index (κ1) is 12.4. The number of nitrogens with one attached hydrogen (secondary N) is 2. The Labute approximate surface area is 108 Å². The van der Waals surface area contributed by atoms with Crippen LogP contribution in [0.5, 0.6) is 0 Å². The molecule has 5 heteroatoms. The van der Waals surface area contributed by atoms with Crippen LogP contribution in [0.3, 0.4) is 0 Å². The third-order valence-corrected chi connectivity index (χ3v) is 4.67. The lowest BCUT2D eigenvalue weighted by Gasteiger charge is -2.40. The Balaban J connectivity index is 1.53. The molecule has 1 spiro atoms. The SMILES string of the molecule is O=C([C@H]1CNCCO1)N1CCC2(CCNC2)CC1. The molecule has 3 aliphatic rings. The first-order chi connectivity index (χ1) is 8.79. The highest BCUT2D eigenvalue weighted by Crippen LogP contribution is 2.37. The summed E-state index contributed by atoms with van der Waals surface area (Å²) in [4.78, 5) is 14.3. The summed E-state index contributed by atoms with van der Waals surface area (Å²) in [7, 11) is 0. The van der Waals surface area contributed by atoms with Gasteiger partial charge in [-0.25, -0.2) is 0 Å². The highest BCUT2D eigenvalue weighted by atomic mass is 16.5. The normalized spacial score (nSPS) is 31.8. The van der Waals surface area contributed by atoms with E-state index in [1.807, 2.05) is 4.90 Å². The largest absolute Gasteiger partial charge is 0.366 e. The molecular weight excluding hydrogens is 230 g/mol. The molecule has 0 aromatic rings. The summed E-state index contributed by atoms with van der Waals surface area (Å²) < 4.78 is 5.54. The second-order valence-corrected chi connectivity index (χ2v) is 5.82. The molecule has 2 N–H and O–H groups in total. The minimum absolute atomic E-state index is 0.183. The predicted octanol–water partition coefficient (Wildman–Crippen LogP) is -0.423. The maximum Gasteiger partial charge on any atom is 0.253 e. The summed E-state index contributed by atoms with van der Waals surface area (Å²) in [5, 5.41) is 6.67. The van der Waals surface area contributed by atoms with Crippen molar-refractivity contribution in [3.05, 3.63) is 0 Å². The fourth-order valence-corrected chi connectivity index (χ4v) is 3.35. The maximum atomic E-state index is 12.3. The first-order valence-corrected chi connectivity index (χ1v) is 7.11. The maximum absolute atomic E-state index is 12.3. The lowest BCUT2D eigenvalue weighted by atomic mass is 9.78. The van der Waals surface area contributed by atoms with Crippen LogP contribution in [0, 0.1) is 5.41 Å². The number of carbonyl (C=O) groups excluding carboxylic acids is 1. The molecule has 0 bridgehead atoms. The molecule has 0 unspecified atom stereocenters. The van der Waals surface area contributed by atoms with E-state index in [9.17, 15) is 4.79 Å². The summed E-state index contributed by atoms with van der Waals surface area (Å²) in [6.07, 6.45) is 3.31. The molecule has 1 atom stereocenters. The number of hydrogen-bond acceptors (Lipinski definition) is 4. The van der Waals surface area contributed by atoms with Crippen LogP contribution in [0.15, 0.2) is 0 Å². The molecule has 0 aliphatic carbocycles. The van der Waals surface area contributed by atoms with Gasteiger partial charge in [0.1, 0.15) is 6.10 Å². The van der Waals surface area contributed by atoms with Gasteiger partial charge in [0.15, 0.2) is 0 Å². The van der Waals surface area contributed by atoms with Crippen LogP contribution in [-0.4, -0.2) is 62.8 Å². The quantitative estimate of drug-likeness (QED) is 0.666. The van der Waals surface area contributed by atoms with Crippen LogP contribution in [0.1, 0.15) is 19.3 Å². The average Bonchev–Trinajstić information content (AvgIpc) is 2.88. The molecule has 18 heavy (non-hydrogen) atoms. The van der Waals surface area contributed by atoms with Gasteiger partial charge >= 0.3 is 0 Å². The van der Waals surface area contributed by atoms with Crippen LogP contribution in [0.2, 0.25) is 0 Å². The summed E-state index contributed by atoms with van der Waals surface area (Å²) in [6.45, 7) is 6.26. The van der Waals surface area contributed by atoms with Crippen molar-refractivity contribution in [2.45, 2.75) is 25.4 Å². The number of likely N-dealkylation sites (tertiary alicyclic amines) is 1. The molecule has 3 aliphatic heterocycles. The first-order valence-electron chi connectivity index (χ1n) is 7.11. The van der Waals surface area contributed by atoms with Gasteiger partial charge in [-0.15, -0.1) is 0 Å². The zero-order valence-corrected chi connectivity index (χ0v) is 10.9. The van der Waals surface area contributed by atoms with E-state index in [1.54, 1.807) is 0 Å². The monoisotopic (exact) mass is 253 g/mol. The van der Waals surface area contributed by atoms with Gasteiger partial charge in [0.2, 0.25) is 0 Å². The topological polar surface area (TPSA) is 53.6 Å². The van der Waals surface area contributed by atoms with E-state index in [0.29, 0.717) is 18.6 Å². The van der Waals surface area contributed by atoms with Gasteiger partial charge in [0.05, 0.1) is 6.61 Å². The fourth-order valence-electron chi connectivity index (χ4n) is 3.35. The van der Waals surface area contributed by atoms with Crippen LogP contribution in [0.4, 0.5) is 0 Å². The standard InChI is InChI=1S/C13H23N3O2/c17-12(11-9-14-5-8-18-11)16-6-2-13(3-7-16)1-4-15-10-13/h11,14-15H,1-10H2/t11-/m1/s1. The van der Waals surface area contributed by atoms with E-state index in [-0.39, 0.29) is 12.0 Å². The Hall–Kier alpha value is -0.650. The molecule has 102 valence electrons. The number of carbonyl (C=O) groups is 1. The van der Waals surface area contributed by atoms with Crippen molar-refractivity contribution in [3.8, 4) is 0 Å². The van der Waals surface area contributed by atoms with Crippen molar-refractivity contribution in [2.75, 3.05) is 45.9 Å². The Morgan fingerprint density at radius 3 is 2.61 bits per heavy atom. The Bertz CT molecular complexity index is 299. The van der Waals surface area contributed by atoms with Crippen LogP contribution >= 0.6 is 0 Å². The molecule has 3 saturated heterocycles. The summed E-state index contributed by atoms with van der Waals surface area (Å²) in [6, 6.07) is 0. The van der Waals surface area contributed by atoms with E-state index in [1.165, 1.54) is 6.42 Å². The smallest absolute Gasteiger partial charge is 0.253 e. The van der Waals surface area contributed by atoms with Crippen molar-refractivity contribution in [2.24, 2.45) is 5.41 Å². The van der Waals surface area contributed by atoms with Gasteiger partial charge in [0.25, 0.3) is 5.91 Å². The molecule has 3 fully saturated rings. The van der Waals surface area contributed by atoms with Crippen LogP contribution in [-0.2, 0) is 9.53 Å². The molecule has 5 nitrogen and oxygen atoms in total. The summed E-state index contributed by atoms with van der Waals surface area (Å²) >= 11 is 0. The third-order valence-electron chi connectivity index (χ3n) is 4.67. The molecule has 0 radical (unpaired) electrons. The van der Waals surface area contributed by atoms with E-state index < -0.39 is 0 Å². The van der Waals surface area contributed by atoms with Crippen LogP contribution in [0.25, 0.3) is 0 Å². The number of morpholine rings is 1. The van der Waals surface area contributed by atoms with Gasteiger partial charge in [-0.1, -0.05) is 0 Å². The lowest BCUT2D eigenvalue weighted by Crippen LogP contribution is -2.52. The molecule has 3 rings (SSSR count). The van der Waals surface area contributed by atoms with Gasteiger partial charge in [-0.2, -0.15) is 0 Å². The molecule has 3 heterocycles. The van der Waals surface area contributed by atoms with E-state index in [0.717, 1.165) is 45.6 Å². The van der Waals surface area contributed by atoms with Crippen molar-refractivity contribution in [3.63, 3.8) is 0 Å². The molecule has 1 amide bonds. The molecular formula is C13H23N3O2. The predicted molar refractivity (Wildman–Crippen MR) is 68.3 cm³/mol. The fraction of sp³-hybridized carbons (Fsp3) is 0.923. The highest BCUT2D eigenvalue weighted by molar-refractivity contribution is 5.81. The summed E-state index contributed by atoms with van der Waals surface area (Å²) in [5.41, 5.74) is 0.475. The minimum atomic E-state index is -0.255. The Morgan fingerprint density at radius 1 is 1.17 bits per heavy atom. The number of nitrogens with zero attached hydrogens (tertiary/aromatic N) is 1. The second kappa shape index (κ2) is 5.15. The van der Waals surface area contributed by atoms with E-state index in [2.05, 4.69) is 10.6 Å². The second-order valence-electron chi connectivity index (χ2n) is 5.82. The lowest BCUT2D eigenvalue weighted by molar-refractivity contribution is -0.147. The number of rotatable bonds is 1. The number of ether oxygens (including phenoxy) is 1. The zero-order valence-electron chi connectivity index (χ0n) is 10.9.